The summed E-state index contributed by atoms with van der Waals surface area (Å²) in [6.07, 6.45) is 10.9. The van der Waals surface area contributed by atoms with Crippen LogP contribution in [-0.2, 0) is 6.54 Å². The van der Waals surface area contributed by atoms with E-state index in [4.69, 9.17) is 6.42 Å². The highest BCUT2D eigenvalue weighted by molar-refractivity contribution is 5.69. The molecular weight excluding hydrogens is 256 g/mol. The summed E-state index contributed by atoms with van der Waals surface area (Å²) in [5.74, 6) is 3.45. The molecule has 6 nitrogen and oxygen atoms in total. The molecule has 3 rings (SSSR count). The highest BCUT2D eigenvalue weighted by Crippen LogP contribution is 2.31. The van der Waals surface area contributed by atoms with Gasteiger partial charge in [0.15, 0.2) is 5.65 Å². The fourth-order valence-electron chi connectivity index (χ4n) is 2.84. The zero-order valence-electron chi connectivity index (χ0n) is 11.1. The topological polar surface area (TPSA) is 83.5 Å². The minimum atomic E-state index is -0.512. The number of hydrogen-bond acceptors (Lipinski definition) is 3. The minimum absolute atomic E-state index is 0.0398. The van der Waals surface area contributed by atoms with E-state index in [1.165, 1.54) is 19.3 Å². The Labute approximate surface area is 115 Å². The average Bonchev–Trinajstić information content (AvgIpc) is 2.88. The molecular formula is C14H16N4O2. The van der Waals surface area contributed by atoms with Gasteiger partial charge in [-0.3, -0.25) is 9.78 Å². The number of nitrogens with one attached hydrogen (secondary N) is 2. The smallest absolute Gasteiger partial charge is 0.330 e. The van der Waals surface area contributed by atoms with E-state index in [1.54, 1.807) is 0 Å². The van der Waals surface area contributed by atoms with Gasteiger partial charge in [0.25, 0.3) is 5.56 Å². The molecule has 0 unspecified atom stereocenters. The molecule has 0 aliphatic heterocycles. The summed E-state index contributed by atoms with van der Waals surface area (Å²) in [5.41, 5.74) is -0.257. The van der Waals surface area contributed by atoms with Crippen LogP contribution in [0.25, 0.3) is 11.2 Å². The maximum absolute atomic E-state index is 12.2. The molecule has 1 aliphatic carbocycles. The summed E-state index contributed by atoms with van der Waals surface area (Å²) in [4.78, 5) is 34.1. The molecule has 0 bridgehead atoms. The van der Waals surface area contributed by atoms with Gasteiger partial charge in [-0.25, -0.2) is 14.3 Å². The number of imidazole rings is 1. The summed E-state index contributed by atoms with van der Waals surface area (Å²) in [7, 11) is 0. The van der Waals surface area contributed by atoms with Crippen molar-refractivity contribution in [3.63, 3.8) is 0 Å². The van der Waals surface area contributed by atoms with Crippen LogP contribution in [0.4, 0.5) is 0 Å². The molecule has 2 aromatic heterocycles. The molecule has 20 heavy (non-hydrogen) atoms. The van der Waals surface area contributed by atoms with E-state index in [-0.39, 0.29) is 6.54 Å². The van der Waals surface area contributed by atoms with E-state index in [9.17, 15) is 9.59 Å². The number of hydrogen-bond donors (Lipinski definition) is 2. The van der Waals surface area contributed by atoms with Crippen LogP contribution in [0.5, 0.6) is 0 Å². The van der Waals surface area contributed by atoms with Gasteiger partial charge in [-0.05, 0) is 12.8 Å². The number of terminal acetylenes is 1. The van der Waals surface area contributed by atoms with Crippen LogP contribution in [0.1, 0.15) is 43.8 Å². The molecule has 0 amide bonds. The highest BCUT2D eigenvalue weighted by atomic mass is 16.2. The van der Waals surface area contributed by atoms with Crippen molar-refractivity contribution in [2.75, 3.05) is 0 Å². The molecule has 1 saturated carbocycles. The molecule has 1 fully saturated rings. The third kappa shape index (κ3) is 2.05. The second kappa shape index (κ2) is 5.00. The van der Waals surface area contributed by atoms with Gasteiger partial charge >= 0.3 is 5.69 Å². The van der Waals surface area contributed by atoms with E-state index in [0.717, 1.165) is 23.2 Å². The molecule has 1 aliphatic rings. The molecule has 2 N–H and O–H groups in total. The number of nitrogens with zero attached hydrogens (tertiary/aromatic N) is 2. The van der Waals surface area contributed by atoms with Crippen LogP contribution in [-0.4, -0.2) is 19.5 Å². The summed E-state index contributed by atoms with van der Waals surface area (Å²) < 4.78 is 1.01. The third-order valence-corrected chi connectivity index (χ3v) is 3.89. The molecule has 0 saturated heterocycles. The summed E-state index contributed by atoms with van der Waals surface area (Å²) in [6.45, 7) is -0.0398. The Kier molecular flexibility index (Phi) is 3.18. The lowest BCUT2D eigenvalue weighted by Gasteiger charge is -2.18. The Morgan fingerprint density at radius 2 is 2.00 bits per heavy atom. The molecule has 0 radical (unpaired) electrons. The van der Waals surface area contributed by atoms with Crippen LogP contribution in [0.3, 0.4) is 0 Å². The molecule has 2 aromatic rings. The zero-order chi connectivity index (χ0) is 14.1. The van der Waals surface area contributed by atoms with Gasteiger partial charge in [0.1, 0.15) is 11.3 Å². The lowest BCUT2D eigenvalue weighted by Crippen LogP contribution is -2.34. The van der Waals surface area contributed by atoms with E-state index in [0.29, 0.717) is 17.1 Å². The van der Waals surface area contributed by atoms with Crippen molar-refractivity contribution in [3.05, 3.63) is 26.7 Å². The monoisotopic (exact) mass is 272 g/mol. The number of H-pyrrole nitrogens is 2. The summed E-state index contributed by atoms with van der Waals surface area (Å²) in [6, 6.07) is 0. The van der Waals surface area contributed by atoms with E-state index < -0.39 is 11.2 Å². The van der Waals surface area contributed by atoms with Gasteiger partial charge in [0.05, 0.1) is 6.54 Å². The van der Waals surface area contributed by atoms with Crippen molar-refractivity contribution in [2.24, 2.45) is 0 Å². The average molecular weight is 272 g/mol. The molecule has 0 aromatic carbocycles. The highest BCUT2D eigenvalue weighted by Gasteiger charge is 2.20. The van der Waals surface area contributed by atoms with Crippen molar-refractivity contribution in [1.29, 1.82) is 0 Å². The van der Waals surface area contributed by atoms with Gasteiger partial charge in [-0.1, -0.05) is 25.2 Å². The quantitative estimate of drug-likeness (QED) is 0.803. The van der Waals surface area contributed by atoms with Crippen LogP contribution in [0.2, 0.25) is 0 Å². The molecule has 0 spiro atoms. The summed E-state index contributed by atoms with van der Waals surface area (Å²) >= 11 is 0. The first-order valence-electron chi connectivity index (χ1n) is 6.87. The van der Waals surface area contributed by atoms with Crippen molar-refractivity contribution in [2.45, 2.75) is 44.6 Å². The van der Waals surface area contributed by atoms with E-state index in [1.807, 2.05) is 0 Å². The second-order valence-electron chi connectivity index (χ2n) is 5.21. The lowest BCUT2D eigenvalue weighted by molar-refractivity contribution is 0.431. The van der Waals surface area contributed by atoms with Gasteiger partial charge < -0.3 is 4.98 Å². The Bertz CT molecular complexity index is 784. The Balaban J connectivity index is 2.11. The van der Waals surface area contributed by atoms with Crippen molar-refractivity contribution < 1.29 is 0 Å². The van der Waals surface area contributed by atoms with Crippen LogP contribution >= 0.6 is 0 Å². The molecule has 6 heteroatoms. The van der Waals surface area contributed by atoms with Crippen LogP contribution < -0.4 is 11.2 Å². The SMILES string of the molecule is C#CCn1c(=O)[nH]c2nc(C3CCCCC3)[nH]c2c1=O. The normalized spacial score (nSPS) is 16.4. The van der Waals surface area contributed by atoms with Crippen molar-refractivity contribution in [1.82, 2.24) is 19.5 Å². The first-order valence-corrected chi connectivity index (χ1v) is 6.87. The molecule has 0 atom stereocenters. The van der Waals surface area contributed by atoms with Crippen molar-refractivity contribution in [3.8, 4) is 12.3 Å². The predicted molar refractivity (Wildman–Crippen MR) is 75.6 cm³/mol. The standard InChI is InChI=1S/C14H16N4O2/c1-2-8-18-13(19)10-12(17-14(18)20)16-11(15-10)9-6-4-3-5-7-9/h1,9H,3-8H2,(H,15,16)(H,17,20). The molecule has 2 heterocycles. The van der Waals surface area contributed by atoms with Crippen LogP contribution in [0.15, 0.2) is 9.59 Å². The minimum Gasteiger partial charge on any atom is -0.336 e. The Morgan fingerprint density at radius 1 is 1.25 bits per heavy atom. The van der Waals surface area contributed by atoms with E-state index in [2.05, 4.69) is 20.9 Å². The maximum atomic E-state index is 12.2. The fourth-order valence-corrected chi connectivity index (χ4v) is 2.84. The lowest BCUT2D eigenvalue weighted by atomic mass is 9.89. The fraction of sp³-hybridized carbons (Fsp3) is 0.500. The van der Waals surface area contributed by atoms with Gasteiger partial charge in [0, 0.05) is 5.92 Å². The van der Waals surface area contributed by atoms with Gasteiger partial charge in [-0.15, -0.1) is 6.42 Å². The molecule has 104 valence electrons. The zero-order valence-corrected chi connectivity index (χ0v) is 11.1. The Hall–Kier alpha value is -2.29. The third-order valence-electron chi connectivity index (χ3n) is 3.89. The van der Waals surface area contributed by atoms with Gasteiger partial charge in [-0.2, -0.15) is 0 Å². The number of rotatable bonds is 2. The Morgan fingerprint density at radius 3 is 2.70 bits per heavy atom. The van der Waals surface area contributed by atoms with Crippen molar-refractivity contribution >= 4 is 11.2 Å². The number of fused-ring (bicyclic) bond motifs is 1. The first-order chi connectivity index (χ1) is 9.70. The number of aromatic nitrogens is 4. The maximum Gasteiger partial charge on any atom is 0.330 e. The van der Waals surface area contributed by atoms with Crippen LogP contribution in [0, 0.1) is 12.3 Å². The van der Waals surface area contributed by atoms with E-state index >= 15 is 0 Å². The first kappa shape index (κ1) is 12.7. The van der Waals surface area contributed by atoms with Gasteiger partial charge in [0.2, 0.25) is 0 Å². The largest absolute Gasteiger partial charge is 0.336 e. The second-order valence-corrected chi connectivity index (χ2v) is 5.21. The predicted octanol–water partition coefficient (Wildman–Crippen LogP) is 1.09. The number of aromatic amines is 2. The summed E-state index contributed by atoms with van der Waals surface area (Å²) in [5, 5.41) is 0.